The maximum Gasteiger partial charge on any atom is 0.243 e. The summed E-state index contributed by atoms with van der Waals surface area (Å²) >= 11 is 1.55. The predicted molar refractivity (Wildman–Crippen MR) is 128 cm³/mol. The largest absolute Gasteiger partial charge is 0.468 e. The molecule has 0 atom stereocenters. The smallest absolute Gasteiger partial charge is 0.243 e. The van der Waals surface area contributed by atoms with E-state index in [1.165, 1.54) is 18.4 Å². The quantitative estimate of drug-likeness (QED) is 0.388. The van der Waals surface area contributed by atoms with Gasteiger partial charge in [-0.25, -0.2) is 13.4 Å². The number of aryl methyl sites for hydroxylation is 2. The second-order valence-corrected chi connectivity index (χ2v) is 10.5. The molecule has 2 aromatic carbocycles. The van der Waals surface area contributed by atoms with Crippen molar-refractivity contribution in [1.29, 1.82) is 0 Å². The number of hydrogen-bond donors (Lipinski definition) is 1. The van der Waals surface area contributed by atoms with Crippen LogP contribution in [0.3, 0.4) is 0 Å². The Kier molecular flexibility index (Phi) is 6.73. The maximum atomic E-state index is 13.3. The third kappa shape index (κ3) is 5.57. The van der Waals surface area contributed by atoms with E-state index in [2.05, 4.69) is 10.3 Å². The summed E-state index contributed by atoms with van der Waals surface area (Å²) in [6.45, 7) is 3.39. The molecule has 33 heavy (non-hydrogen) atoms. The van der Waals surface area contributed by atoms with Crippen molar-refractivity contribution < 1.29 is 17.6 Å². The molecule has 1 N–H and O–H groups in total. The molecule has 170 valence electrons. The van der Waals surface area contributed by atoms with Crippen LogP contribution >= 0.6 is 11.3 Å². The third-order valence-corrected chi connectivity index (χ3v) is 7.53. The summed E-state index contributed by atoms with van der Waals surface area (Å²) < 4.78 is 33.0. The first kappa shape index (κ1) is 22.9. The monoisotopic (exact) mass is 481 g/mol. The molecule has 0 aliphatic carbocycles. The molecule has 9 heteroatoms. The van der Waals surface area contributed by atoms with Crippen LogP contribution in [0.25, 0.3) is 11.3 Å². The number of aromatic nitrogens is 1. The third-order valence-electron chi connectivity index (χ3n) is 4.95. The van der Waals surface area contributed by atoms with Gasteiger partial charge in [0.05, 0.1) is 34.9 Å². The van der Waals surface area contributed by atoms with Crippen LogP contribution in [-0.4, -0.2) is 30.2 Å². The van der Waals surface area contributed by atoms with E-state index in [1.807, 2.05) is 37.4 Å². The van der Waals surface area contributed by atoms with Gasteiger partial charge in [-0.15, -0.1) is 11.3 Å². The molecule has 4 rings (SSSR count). The number of nitrogens with zero attached hydrogens (tertiary/aromatic N) is 2. The number of amides is 1. The van der Waals surface area contributed by atoms with E-state index in [1.54, 1.807) is 41.7 Å². The van der Waals surface area contributed by atoms with Gasteiger partial charge in [-0.2, -0.15) is 4.31 Å². The van der Waals surface area contributed by atoms with Crippen LogP contribution < -0.4 is 5.32 Å². The fourth-order valence-electron chi connectivity index (χ4n) is 3.27. The van der Waals surface area contributed by atoms with Crippen molar-refractivity contribution in [2.45, 2.75) is 25.3 Å². The number of anilines is 1. The second-order valence-electron chi connectivity index (χ2n) is 7.55. The lowest BCUT2D eigenvalue weighted by molar-refractivity contribution is -0.116. The average Bonchev–Trinajstić information content (AvgIpc) is 3.45. The first-order valence-electron chi connectivity index (χ1n) is 10.2. The summed E-state index contributed by atoms with van der Waals surface area (Å²) in [4.78, 5) is 17.5. The number of rotatable bonds is 8. The van der Waals surface area contributed by atoms with Gasteiger partial charge in [-0.05, 0) is 50.2 Å². The van der Waals surface area contributed by atoms with Crippen molar-refractivity contribution in [2.24, 2.45) is 0 Å². The van der Waals surface area contributed by atoms with E-state index in [-0.39, 0.29) is 18.0 Å². The summed E-state index contributed by atoms with van der Waals surface area (Å²) in [6, 6.07) is 17.2. The van der Waals surface area contributed by atoms with Crippen molar-refractivity contribution >= 4 is 33.0 Å². The van der Waals surface area contributed by atoms with Gasteiger partial charge in [0, 0.05) is 16.6 Å². The molecule has 0 saturated carbocycles. The molecule has 0 aliphatic heterocycles. The summed E-state index contributed by atoms with van der Waals surface area (Å²) in [7, 11) is -3.93. The molecule has 1 amide bonds. The Morgan fingerprint density at radius 1 is 1.09 bits per heavy atom. The number of hydrogen-bond acceptors (Lipinski definition) is 6. The first-order valence-corrected chi connectivity index (χ1v) is 12.5. The fraction of sp³-hybridized carbons (Fsp3) is 0.167. The van der Waals surface area contributed by atoms with Gasteiger partial charge in [0.2, 0.25) is 15.9 Å². The van der Waals surface area contributed by atoms with E-state index in [0.717, 1.165) is 26.1 Å². The van der Waals surface area contributed by atoms with Crippen molar-refractivity contribution in [2.75, 3.05) is 11.9 Å². The van der Waals surface area contributed by atoms with Crippen molar-refractivity contribution in [3.8, 4) is 11.3 Å². The predicted octanol–water partition coefficient (Wildman–Crippen LogP) is 4.85. The van der Waals surface area contributed by atoms with Gasteiger partial charge in [-0.3, -0.25) is 4.79 Å². The van der Waals surface area contributed by atoms with Crippen molar-refractivity contribution in [3.05, 3.63) is 88.6 Å². The minimum atomic E-state index is -3.93. The summed E-state index contributed by atoms with van der Waals surface area (Å²) in [5.41, 5.74) is 3.21. The molecule has 0 bridgehead atoms. The topological polar surface area (TPSA) is 92.5 Å². The number of benzene rings is 2. The molecule has 2 heterocycles. The van der Waals surface area contributed by atoms with Crippen LogP contribution in [0.1, 0.15) is 16.3 Å². The molecular formula is C24H23N3O4S2. The van der Waals surface area contributed by atoms with Crippen LogP contribution in [0.2, 0.25) is 0 Å². The van der Waals surface area contributed by atoms with Crippen LogP contribution in [0.4, 0.5) is 5.69 Å². The summed E-state index contributed by atoms with van der Waals surface area (Å²) in [5.74, 6) is -0.0109. The summed E-state index contributed by atoms with van der Waals surface area (Å²) in [5, 5.41) is 5.71. The zero-order valence-corrected chi connectivity index (χ0v) is 19.8. The first-order chi connectivity index (χ1) is 15.8. The van der Waals surface area contributed by atoms with Crippen LogP contribution in [0.15, 0.2) is 81.6 Å². The Labute approximate surface area is 196 Å². The van der Waals surface area contributed by atoms with E-state index in [0.29, 0.717) is 11.4 Å². The SMILES string of the molecule is Cc1ccc(S(=O)(=O)N(CC(=O)Nc2cccc(-c3csc(C)n3)c2)Cc2ccco2)cc1. The molecule has 7 nitrogen and oxygen atoms in total. The van der Waals surface area contributed by atoms with Crippen LogP contribution in [0, 0.1) is 13.8 Å². The van der Waals surface area contributed by atoms with Gasteiger partial charge in [0.1, 0.15) is 5.76 Å². The minimum Gasteiger partial charge on any atom is -0.468 e. The second kappa shape index (κ2) is 9.70. The highest BCUT2D eigenvalue weighted by atomic mass is 32.2. The van der Waals surface area contributed by atoms with E-state index >= 15 is 0 Å². The Balaban J connectivity index is 1.55. The number of furan rings is 1. The molecule has 4 aromatic rings. The molecular weight excluding hydrogens is 458 g/mol. The normalized spacial score (nSPS) is 11.6. The van der Waals surface area contributed by atoms with E-state index in [4.69, 9.17) is 4.42 Å². The highest BCUT2D eigenvalue weighted by Gasteiger charge is 2.27. The minimum absolute atomic E-state index is 0.0607. The van der Waals surface area contributed by atoms with Gasteiger partial charge < -0.3 is 9.73 Å². The number of sulfonamides is 1. The van der Waals surface area contributed by atoms with Crippen molar-refractivity contribution in [1.82, 2.24) is 9.29 Å². The molecule has 0 aliphatic rings. The highest BCUT2D eigenvalue weighted by Crippen LogP contribution is 2.25. The van der Waals surface area contributed by atoms with Crippen molar-refractivity contribution in [3.63, 3.8) is 0 Å². The lowest BCUT2D eigenvalue weighted by Crippen LogP contribution is -2.37. The van der Waals surface area contributed by atoms with Gasteiger partial charge in [-0.1, -0.05) is 29.8 Å². The molecule has 0 spiro atoms. The Morgan fingerprint density at radius 2 is 1.88 bits per heavy atom. The average molecular weight is 482 g/mol. The summed E-state index contributed by atoms with van der Waals surface area (Å²) in [6.07, 6.45) is 1.47. The zero-order chi connectivity index (χ0) is 23.4. The standard InChI is InChI=1S/C24H23N3O4S2/c1-17-8-10-22(11-9-17)33(29,30)27(14-21-7-4-12-31-21)15-24(28)26-20-6-3-5-19(13-20)23-16-32-18(2)25-23/h3-13,16H,14-15H2,1-2H3,(H,26,28). The van der Waals surface area contributed by atoms with Crippen LogP contribution in [-0.2, 0) is 21.4 Å². The lowest BCUT2D eigenvalue weighted by Gasteiger charge is -2.21. The molecule has 0 unspecified atom stereocenters. The number of nitrogens with one attached hydrogen (secondary N) is 1. The van der Waals surface area contributed by atoms with Gasteiger partial charge in [0.25, 0.3) is 0 Å². The van der Waals surface area contributed by atoms with Gasteiger partial charge in [0.15, 0.2) is 0 Å². The molecule has 0 fully saturated rings. The highest BCUT2D eigenvalue weighted by molar-refractivity contribution is 7.89. The number of carbonyl (C=O) groups is 1. The molecule has 0 radical (unpaired) electrons. The molecule has 0 saturated heterocycles. The van der Waals surface area contributed by atoms with E-state index < -0.39 is 15.9 Å². The number of carbonyl (C=O) groups excluding carboxylic acids is 1. The Hall–Kier alpha value is -3.27. The number of thiazole rings is 1. The fourth-order valence-corrected chi connectivity index (χ4v) is 5.26. The Morgan fingerprint density at radius 3 is 2.55 bits per heavy atom. The zero-order valence-electron chi connectivity index (χ0n) is 18.2. The van der Waals surface area contributed by atoms with E-state index in [9.17, 15) is 13.2 Å². The Bertz CT molecular complexity index is 1340. The lowest BCUT2D eigenvalue weighted by atomic mass is 10.1. The van der Waals surface area contributed by atoms with Crippen LogP contribution in [0.5, 0.6) is 0 Å². The maximum absolute atomic E-state index is 13.3. The van der Waals surface area contributed by atoms with Gasteiger partial charge >= 0.3 is 0 Å². The molecule has 2 aromatic heterocycles.